The molecular weight excluding hydrogens is 396 g/mol. The van der Waals surface area contributed by atoms with Gasteiger partial charge in [0.25, 0.3) is 0 Å². The third kappa shape index (κ3) is 5.08. The van der Waals surface area contributed by atoms with Crippen LogP contribution in [0.3, 0.4) is 0 Å². The van der Waals surface area contributed by atoms with Crippen LogP contribution >= 0.6 is 0 Å². The van der Waals surface area contributed by atoms with Gasteiger partial charge >= 0.3 is 0 Å². The van der Waals surface area contributed by atoms with Crippen LogP contribution in [-0.2, 0) is 14.8 Å². The van der Waals surface area contributed by atoms with Crippen molar-refractivity contribution in [2.75, 3.05) is 32.8 Å². The number of sulfonamides is 1. The van der Waals surface area contributed by atoms with Crippen molar-refractivity contribution in [1.82, 2.24) is 9.62 Å². The highest BCUT2D eigenvalue weighted by molar-refractivity contribution is 7.89. The fourth-order valence-electron chi connectivity index (χ4n) is 3.95. The minimum atomic E-state index is -3.52. The van der Waals surface area contributed by atoms with Crippen LogP contribution in [0, 0.1) is 0 Å². The first kappa shape index (κ1) is 21.0. The average molecular weight is 425 g/mol. The van der Waals surface area contributed by atoms with Gasteiger partial charge in [-0.2, -0.15) is 0 Å². The molecule has 0 saturated carbocycles. The van der Waals surface area contributed by atoms with Gasteiger partial charge in [0.05, 0.1) is 17.6 Å². The Bertz CT molecular complexity index is 1060. The Balaban J connectivity index is 1.26. The van der Waals surface area contributed by atoms with E-state index in [0.717, 1.165) is 49.9 Å². The van der Waals surface area contributed by atoms with Crippen LogP contribution < -0.4 is 4.72 Å². The van der Waals surface area contributed by atoms with E-state index < -0.39 is 10.0 Å². The number of ether oxygens (including phenoxy) is 1. The molecule has 1 N–H and O–H groups in total. The lowest BCUT2D eigenvalue weighted by molar-refractivity contribution is -0.0303. The molecule has 1 heterocycles. The van der Waals surface area contributed by atoms with E-state index >= 15 is 0 Å². The molecule has 1 unspecified atom stereocenters. The summed E-state index contributed by atoms with van der Waals surface area (Å²) in [5.74, 6) is 0. The smallest absolute Gasteiger partial charge is 0.241 e. The zero-order valence-corrected chi connectivity index (χ0v) is 17.9. The van der Waals surface area contributed by atoms with Crippen molar-refractivity contribution in [2.45, 2.75) is 23.8 Å². The van der Waals surface area contributed by atoms with Crippen molar-refractivity contribution >= 4 is 20.8 Å². The molecule has 0 amide bonds. The Labute approximate surface area is 178 Å². The first-order valence-electron chi connectivity index (χ1n) is 10.5. The van der Waals surface area contributed by atoms with Crippen LogP contribution in [0.5, 0.6) is 0 Å². The number of hydrogen-bond donors (Lipinski definition) is 1. The molecule has 1 atom stereocenters. The average Bonchev–Trinajstić information content (AvgIpc) is 2.79. The summed E-state index contributed by atoms with van der Waals surface area (Å²) < 4.78 is 34.2. The fourth-order valence-corrected chi connectivity index (χ4v) is 5.25. The molecule has 6 heteroatoms. The molecule has 158 valence electrons. The van der Waals surface area contributed by atoms with E-state index in [-0.39, 0.29) is 6.10 Å². The zero-order chi connectivity index (χ0) is 20.8. The summed E-state index contributed by atoms with van der Waals surface area (Å²) in [4.78, 5) is 2.75. The molecule has 0 radical (unpaired) electrons. The molecule has 3 aromatic rings. The van der Waals surface area contributed by atoms with Gasteiger partial charge in [-0.15, -0.1) is 0 Å². The van der Waals surface area contributed by atoms with E-state index in [2.05, 4.69) is 21.8 Å². The van der Waals surface area contributed by atoms with Crippen molar-refractivity contribution < 1.29 is 13.2 Å². The lowest BCUT2D eigenvalue weighted by atomic mass is 10.1. The summed E-state index contributed by atoms with van der Waals surface area (Å²) in [5.41, 5.74) is 1.21. The van der Waals surface area contributed by atoms with E-state index in [1.165, 1.54) is 5.56 Å². The second-order valence-corrected chi connectivity index (χ2v) is 9.39. The molecule has 1 saturated heterocycles. The normalized spacial score (nSPS) is 17.9. The zero-order valence-electron chi connectivity index (χ0n) is 17.0. The molecule has 3 aromatic carbocycles. The number of nitrogens with one attached hydrogen (secondary N) is 1. The van der Waals surface area contributed by atoms with E-state index in [0.29, 0.717) is 11.4 Å². The molecule has 0 aromatic heterocycles. The summed E-state index contributed by atoms with van der Waals surface area (Å²) in [5, 5.41) is 1.69. The maximum atomic E-state index is 12.8. The summed E-state index contributed by atoms with van der Waals surface area (Å²) in [6, 6.07) is 23.3. The lowest BCUT2D eigenvalue weighted by Gasteiger charge is -2.33. The number of nitrogens with zero attached hydrogens (tertiary/aromatic N) is 1. The highest BCUT2D eigenvalue weighted by Gasteiger charge is 2.21. The standard InChI is InChI=1S/C24H28N2O3S/c27-30(28,24-14-8-12-20-9-4-5-13-22(20)24)25-15-6-7-16-26-17-18-29-23(19-26)21-10-2-1-3-11-21/h1-5,8-14,23,25H,6-7,15-19H2. The first-order valence-corrected chi connectivity index (χ1v) is 12.0. The van der Waals surface area contributed by atoms with Gasteiger partial charge in [0.2, 0.25) is 10.0 Å². The van der Waals surface area contributed by atoms with Gasteiger partial charge in [0.15, 0.2) is 0 Å². The molecule has 1 fully saturated rings. The minimum Gasteiger partial charge on any atom is -0.371 e. The Morgan fingerprint density at radius 3 is 2.57 bits per heavy atom. The summed E-state index contributed by atoms with van der Waals surface area (Å²) in [7, 11) is -3.52. The van der Waals surface area contributed by atoms with Crippen molar-refractivity contribution in [2.24, 2.45) is 0 Å². The second-order valence-electron chi connectivity index (χ2n) is 7.65. The third-order valence-electron chi connectivity index (χ3n) is 5.55. The Kier molecular flexibility index (Phi) is 6.79. The van der Waals surface area contributed by atoms with Crippen LogP contribution in [0.15, 0.2) is 77.7 Å². The summed E-state index contributed by atoms with van der Waals surface area (Å²) in [6.07, 6.45) is 1.86. The predicted molar refractivity (Wildman–Crippen MR) is 120 cm³/mol. The van der Waals surface area contributed by atoms with Crippen LogP contribution in [-0.4, -0.2) is 46.1 Å². The molecule has 1 aliphatic rings. The Morgan fingerprint density at radius 2 is 1.70 bits per heavy atom. The number of unbranched alkanes of at least 4 members (excludes halogenated alkanes) is 1. The summed E-state index contributed by atoms with van der Waals surface area (Å²) >= 11 is 0. The molecule has 0 spiro atoms. The second kappa shape index (κ2) is 9.71. The monoisotopic (exact) mass is 424 g/mol. The van der Waals surface area contributed by atoms with Crippen molar-refractivity contribution in [3.63, 3.8) is 0 Å². The molecular formula is C24H28N2O3S. The molecule has 0 aliphatic carbocycles. The highest BCUT2D eigenvalue weighted by atomic mass is 32.2. The lowest BCUT2D eigenvalue weighted by Crippen LogP contribution is -2.39. The van der Waals surface area contributed by atoms with Crippen LogP contribution in [0.25, 0.3) is 10.8 Å². The first-order chi connectivity index (χ1) is 14.6. The van der Waals surface area contributed by atoms with Gasteiger partial charge in [0.1, 0.15) is 0 Å². The molecule has 0 bridgehead atoms. The minimum absolute atomic E-state index is 0.116. The fraction of sp³-hybridized carbons (Fsp3) is 0.333. The topological polar surface area (TPSA) is 58.6 Å². The van der Waals surface area contributed by atoms with Gasteiger partial charge in [-0.05, 0) is 36.4 Å². The van der Waals surface area contributed by atoms with Crippen LogP contribution in [0.4, 0.5) is 0 Å². The molecule has 30 heavy (non-hydrogen) atoms. The number of fused-ring (bicyclic) bond motifs is 1. The predicted octanol–water partition coefficient (Wildman–Crippen LogP) is 3.97. The maximum Gasteiger partial charge on any atom is 0.241 e. The quantitative estimate of drug-likeness (QED) is 0.556. The molecule has 1 aliphatic heterocycles. The van der Waals surface area contributed by atoms with Gasteiger partial charge in [-0.25, -0.2) is 13.1 Å². The number of hydrogen-bond acceptors (Lipinski definition) is 4. The largest absolute Gasteiger partial charge is 0.371 e. The van der Waals surface area contributed by atoms with Gasteiger partial charge in [-0.3, -0.25) is 4.90 Å². The van der Waals surface area contributed by atoms with Crippen LogP contribution in [0.2, 0.25) is 0 Å². The van der Waals surface area contributed by atoms with E-state index in [9.17, 15) is 8.42 Å². The number of rotatable bonds is 8. The van der Waals surface area contributed by atoms with Crippen molar-refractivity contribution in [3.05, 3.63) is 78.4 Å². The maximum absolute atomic E-state index is 12.8. The number of morpholine rings is 1. The van der Waals surface area contributed by atoms with E-state index in [4.69, 9.17) is 4.74 Å². The molecule has 4 rings (SSSR count). The molecule has 5 nitrogen and oxygen atoms in total. The van der Waals surface area contributed by atoms with E-state index in [1.807, 2.05) is 48.5 Å². The van der Waals surface area contributed by atoms with E-state index in [1.54, 1.807) is 12.1 Å². The Morgan fingerprint density at radius 1 is 0.933 bits per heavy atom. The summed E-state index contributed by atoms with van der Waals surface area (Å²) in [6.45, 7) is 3.92. The van der Waals surface area contributed by atoms with Gasteiger partial charge in [0, 0.05) is 25.0 Å². The number of benzene rings is 3. The van der Waals surface area contributed by atoms with Crippen molar-refractivity contribution in [3.8, 4) is 0 Å². The van der Waals surface area contributed by atoms with Gasteiger partial charge in [-0.1, -0.05) is 66.7 Å². The third-order valence-corrected chi connectivity index (χ3v) is 7.07. The highest BCUT2D eigenvalue weighted by Crippen LogP contribution is 2.23. The van der Waals surface area contributed by atoms with Crippen LogP contribution in [0.1, 0.15) is 24.5 Å². The Hall–Kier alpha value is -2.25. The van der Waals surface area contributed by atoms with Gasteiger partial charge < -0.3 is 4.74 Å². The van der Waals surface area contributed by atoms with Crippen molar-refractivity contribution in [1.29, 1.82) is 0 Å². The SMILES string of the molecule is O=S(=O)(NCCCCN1CCOC(c2ccccc2)C1)c1cccc2ccccc12.